The summed E-state index contributed by atoms with van der Waals surface area (Å²) in [5.41, 5.74) is 0.776. The van der Waals surface area contributed by atoms with Crippen molar-refractivity contribution in [3.63, 3.8) is 0 Å². The molecule has 0 spiro atoms. The van der Waals surface area contributed by atoms with Crippen LogP contribution in [0.2, 0.25) is 0 Å². The molecule has 1 aliphatic carbocycles. The van der Waals surface area contributed by atoms with E-state index in [1.807, 2.05) is 0 Å². The van der Waals surface area contributed by atoms with Crippen molar-refractivity contribution in [3.8, 4) is 5.75 Å². The third-order valence-electron chi connectivity index (χ3n) is 4.04. The predicted molar refractivity (Wildman–Crippen MR) is 64.7 cm³/mol. The van der Waals surface area contributed by atoms with Crippen LogP contribution in [0.3, 0.4) is 0 Å². The average Bonchev–Trinajstić information content (AvgIpc) is 2.38. The number of carbonyl (C=O) groups is 1. The fourth-order valence-electron chi connectivity index (χ4n) is 3.07. The third kappa shape index (κ3) is 1.72. The SMILES string of the molecule is O=C1N[C@H]2[C@H](O)[C@H](O)[C@@H](O)C[C@@H]2c2cccc(O)c21. The number of phenolic OH excluding ortho intramolecular Hbond substituents is 1. The first-order chi connectivity index (χ1) is 9.00. The van der Waals surface area contributed by atoms with E-state index >= 15 is 0 Å². The Hall–Kier alpha value is -1.63. The summed E-state index contributed by atoms with van der Waals surface area (Å²) in [6, 6.07) is 4.08. The molecule has 3 rings (SSSR count). The van der Waals surface area contributed by atoms with Crippen LogP contribution in [0, 0.1) is 0 Å². The average molecular weight is 265 g/mol. The van der Waals surface area contributed by atoms with Crippen molar-refractivity contribution < 1.29 is 25.2 Å². The Morgan fingerprint density at radius 2 is 1.89 bits per heavy atom. The van der Waals surface area contributed by atoms with E-state index in [-0.39, 0.29) is 23.7 Å². The monoisotopic (exact) mass is 265 g/mol. The van der Waals surface area contributed by atoms with E-state index in [0.717, 1.165) is 0 Å². The smallest absolute Gasteiger partial charge is 0.255 e. The molecular weight excluding hydrogens is 250 g/mol. The highest BCUT2D eigenvalue weighted by molar-refractivity contribution is 6.00. The Kier molecular flexibility index (Phi) is 2.74. The van der Waals surface area contributed by atoms with E-state index in [1.54, 1.807) is 12.1 Å². The van der Waals surface area contributed by atoms with Crippen LogP contribution in [0.1, 0.15) is 28.3 Å². The van der Waals surface area contributed by atoms with E-state index in [9.17, 15) is 25.2 Å². The second-order valence-corrected chi connectivity index (χ2v) is 5.13. The van der Waals surface area contributed by atoms with E-state index in [1.165, 1.54) is 6.07 Å². The first-order valence-corrected chi connectivity index (χ1v) is 6.17. The van der Waals surface area contributed by atoms with E-state index in [2.05, 4.69) is 5.32 Å². The van der Waals surface area contributed by atoms with Crippen molar-refractivity contribution in [1.82, 2.24) is 5.32 Å². The minimum absolute atomic E-state index is 0.122. The van der Waals surface area contributed by atoms with Crippen molar-refractivity contribution in [2.45, 2.75) is 36.7 Å². The Bertz CT molecular complexity index is 532. The van der Waals surface area contributed by atoms with Crippen molar-refractivity contribution in [3.05, 3.63) is 29.3 Å². The highest BCUT2D eigenvalue weighted by Crippen LogP contribution is 2.40. The summed E-state index contributed by atoms with van der Waals surface area (Å²) in [7, 11) is 0. The van der Waals surface area contributed by atoms with E-state index < -0.39 is 30.3 Å². The maximum Gasteiger partial charge on any atom is 0.255 e. The minimum Gasteiger partial charge on any atom is -0.507 e. The maximum absolute atomic E-state index is 12.0. The number of phenols is 1. The largest absolute Gasteiger partial charge is 0.507 e. The predicted octanol–water partition coefficient (Wildman–Crippen LogP) is -0.926. The summed E-state index contributed by atoms with van der Waals surface area (Å²) >= 11 is 0. The summed E-state index contributed by atoms with van der Waals surface area (Å²) in [4.78, 5) is 12.0. The number of aromatic hydroxyl groups is 1. The first kappa shape index (κ1) is 12.4. The molecule has 2 aliphatic rings. The number of hydrogen-bond donors (Lipinski definition) is 5. The van der Waals surface area contributed by atoms with Gasteiger partial charge in [0, 0.05) is 5.92 Å². The molecule has 1 aromatic rings. The van der Waals surface area contributed by atoms with Crippen LogP contribution in [-0.4, -0.2) is 50.7 Å². The second-order valence-electron chi connectivity index (χ2n) is 5.13. The van der Waals surface area contributed by atoms with Gasteiger partial charge in [0.2, 0.25) is 0 Å². The Morgan fingerprint density at radius 1 is 1.16 bits per heavy atom. The zero-order valence-electron chi connectivity index (χ0n) is 10.0. The summed E-state index contributed by atoms with van der Waals surface area (Å²) in [6.07, 6.45) is -3.34. The van der Waals surface area contributed by atoms with Gasteiger partial charge >= 0.3 is 0 Å². The fraction of sp³-hybridized carbons (Fsp3) is 0.462. The molecule has 0 unspecified atom stereocenters. The van der Waals surface area contributed by atoms with Gasteiger partial charge in [-0.15, -0.1) is 0 Å². The van der Waals surface area contributed by atoms with Crippen LogP contribution in [0.4, 0.5) is 0 Å². The molecule has 5 N–H and O–H groups in total. The van der Waals surface area contributed by atoms with Crippen LogP contribution in [0.25, 0.3) is 0 Å². The van der Waals surface area contributed by atoms with Gasteiger partial charge in [-0.1, -0.05) is 12.1 Å². The highest BCUT2D eigenvalue weighted by Gasteiger charge is 2.47. The zero-order chi connectivity index (χ0) is 13.7. The molecule has 0 bridgehead atoms. The number of nitrogens with one attached hydrogen (secondary N) is 1. The van der Waals surface area contributed by atoms with Crippen molar-refractivity contribution >= 4 is 5.91 Å². The van der Waals surface area contributed by atoms with E-state index in [0.29, 0.717) is 5.56 Å². The van der Waals surface area contributed by atoms with E-state index in [4.69, 9.17) is 0 Å². The molecule has 6 nitrogen and oxygen atoms in total. The van der Waals surface area contributed by atoms with Crippen molar-refractivity contribution in [1.29, 1.82) is 0 Å². The summed E-state index contributed by atoms with van der Waals surface area (Å²) < 4.78 is 0. The van der Waals surface area contributed by atoms with Gasteiger partial charge in [-0.3, -0.25) is 4.79 Å². The van der Waals surface area contributed by atoms with Gasteiger partial charge in [-0.25, -0.2) is 0 Å². The molecule has 1 saturated carbocycles. The molecule has 0 saturated heterocycles. The standard InChI is InChI=1S/C13H15NO5/c15-7-3-1-2-5-6-4-8(16)11(17)12(18)10(6)14-13(19)9(5)7/h1-3,6,8,10-12,15-18H,4H2,(H,14,19)/t6-,8+,10-,11-,12+/m1/s1. The Labute approximate surface area is 109 Å². The molecule has 1 aliphatic heterocycles. The van der Waals surface area contributed by atoms with Gasteiger partial charge in [0.25, 0.3) is 5.91 Å². The van der Waals surface area contributed by atoms with Gasteiger partial charge < -0.3 is 25.7 Å². The lowest BCUT2D eigenvalue weighted by molar-refractivity contribution is -0.104. The fourth-order valence-corrected chi connectivity index (χ4v) is 3.07. The molecule has 1 heterocycles. The topological polar surface area (TPSA) is 110 Å². The van der Waals surface area contributed by atoms with Crippen LogP contribution in [0.15, 0.2) is 18.2 Å². The maximum atomic E-state index is 12.0. The summed E-state index contributed by atoms with van der Waals surface area (Å²) in [5, 5.41) is 41.8. The Balaban J connectivity index is 2.09. The number of aliphatic hydroxyl groups is 3. The van der Waals surface area contributed by atoms with Gasteiger partial charge in [0.05, 0.1) is 17.7 Å². The van der Waals surface area contributed by atoms with Crippen LogP contribution >= 0.6 is 0 Å². The van der Waals surface area contributed by atoms with Crippen LogP contribution in [0.5, 0.6) is 5.75 Å². The molecule has 102 valence electrons. The lowest BCUT2D eigenvalue weighted by Crippen LogP contribution is -2.61. The molecule has 6 heteroatoms. The molecular formula is C13H15NO5. The molecule has 0 aromatic heterocycles. The number of rotatable bonds is 0. The number of hydrogen-bond acceptors (Lipinski definition) is 5. The van der Waals surface area contributed by atoms with Gasteiger partial charge in [0.1, 0.15) is 18.0 Å². The Morgan fingerprint density at radius 3 is 2.63 bits per heavy atom. The lowest BCUT2D eigenvalue weighted by Gasteiger charge is -2.44. The molecule has 19 heavy (non-hydrogen) atoms. The first-order valence-electron chi connectivity index (χ1n) is 6.17. The number of carbonyl (C=O) groups excluding carboxylic acids is 1. The number of fused-ring (bicyclic) bond motifs is 3. The minimum atomic E-state index is -1.28. The summed E-state index contributed by atoms with van der Waals surface area (Å²) in [5.74, 6) is -0.922. The van der Waals surface area contributed by atoms with Gasteiger partial charge in [-0.2, -0.15) is 0 Å². The van der Waals surface area contributed by atoms with Crippen molar-refractivity contribution in [2.24, 2.45) is 0 Å². The molecule has 1 fully saturated rings. The third-order valence-corrected chi connectivity index (χ3v) is 4.04. The quantitative estimate of drug-likeness (QED) is 0.416. The highest BCUT2D eigenvalue weighted by atomic mass is 16.4. The normalized spacial score (nSPS) is 37.2. The van der Waals surface area contributed by atoms with Gasteiger partial charge in [0.15, 0.2) is 0 Å². The van der Waals surface area contributed by atoms with Gasteiger partial charge in [-0.05, 0) is 18.1 Å². The zero-order valence-corrected chi connectivity index (χ0v) is 10.0. The summed E-state index contributed by atoms with van der Waals surface area (Å²) in [6.45, 7) is 0. The molecule has 0 radical (unpaired) electrons. The van der Waals surface area contributed by atoms with Crippen LogP contribution < -0.4 is 5.32 Å². The number of amides is 1. The molecule has 1 amide bonds. The van der Waals surface area contributed by atoms with Crippen LogP contribution in [-0.2, 0) is 0 Å². The lowest BCUT2D eigenvalue weighted by atomic mass is 9.72. The number of benzene rings is 1. The molecule has 5 atom stereocenters. The number of aliphatic hydroxyl groups excluding tert-OH is 3. The second kappa shape index (κ2) is 4.19. The van der Waals surface area contributed by atoms with Crippen molar-refractivity contribution in [2.75, 3.05) is 0 Å². The molecule has 1 aromatic carbocycles.